The number of rotatable bonds is 8. The fourth-order valence-corrected chi connectivity index (χ4v) is 2.57. The minimum atomic E-state index is -0.446. The van der Waals surface area contributed by atoms with Crippen molar-refractivity contribution in [2.45, 2.75) is 25.3 Å². The van der Waals surface area contributed by atoms with Gasteiger partial charge in [-0.25, -0.2) is 0 Å². The highest BCUT2D eigenvalue weighted by Gasteiger charge is 2.26. The van der Waals surface area contributed by atoms with E-state index in [1.807, 2.05) is 24.3 Å². The van der Waals surface area contributed by atoms with E-state index in [0.29, 0.717) is 26.4 Å². The fraction of sp³-hybridized carbons (Fsp3) is 0.588. The third kappa shape index (κ3) is 5.73. The average molecular weight is 322 g/mol. The molecule has 3 N–H and O–H groups in total. The molecule has 1 aliphatic heterocycles. The number of carbonyl (C=O) groups excluding carboxylic acids is 1. The molecule has 2 rings (SSSR count). The van der Waals surface area contributed by atoms with Crippen LogP contribution in [-0.4, -0.2) is 45.4 Å². The summed E-state index contributed by atoms with van der Waals surface area (Å²) in [5.41, 5.74) is 6.02. The lowest BCUT2D eigenvalue weighted by Crippen LogP contribution is -2.47. The SMILES string of the molecule is COc1cccc(OCCCNC(=O)C(N)C2CCOCC2)c1. The van der Waals surface area contributed by atoms with E-state index in [1.54, 1.807) is 7.11 Å². The molecule has 0 saturated carbocycles. The Hall–Kier alpha value is -1.79. The van der Waals surface area contributed by atoms with Gasteiger partial charge in [-0.1, -0.05) is 6.07 Å². The van der Waals surface area contributed by atoms with Gasteiger partial charge < -0.3 is 25.3 Å². The number of carbonyl (C=O) groups is 1. The van der Waals surface area contributed by atoms with E-state index in [9.17, 15) is 4.79 Å². The molecule has 1 amide bonds. The van der Waals surface area contributed by atoms with Crippen molar-refractivity contribution in [2.75, 3.05) is 33.5 Å². The molecule has 23 heavy (non-hydrogen) atoms. The molecule has 1 aromatic rings. The number of benzene rings is 1. The van der Waals surface area contributed by atoms with E-state index < -0.39 is 6.04 Å². The van der Waals surface area contributed by atoms with Crippen LogP contribution in [0.2, 0.25) is 0 Å². The van der Waals surface area contributed by atoms with Gasteiger partial charge in [-0.05, 0) is 37.3 Å². The van der Waals surface area contributed by atoms with Crippen molar-refractivity contribution in [3.05, 3.63) is 24.3 Å². The van der Waals surface area contributed by atoms with Crippen molar-refractivity contribution in [1.29, 1.82) is 0 Å². The normalized spacial score (nSPS) is 16.6. The summed E-state index contributed by atoms with van der Waals surface area (Å²) in [5.74, 6) is 1.66. The average Bonchev–Trinajstić information content (AvgIpc) is 2.61. The Morgan fingerprint density at radius 3 is 2.87 bits per heavy atom. The summed E-state index contributed by atoms with van der Waals surface area (Å²) in [6.45, 7) is 2.47. The van der Waals surface area contributed by atoms with E-state index in [-0.39, 0.29) is 11.8 Å². The van der Waals surface area contributed by atoms with Crippen LogP contribution < -0.4 is 20.5 Å². The summed E-state index contributed by atoms with van der Waals surface area (Å²) < 4.78 is 16.1. The Bertz CT molecular complexity index is 489. The second-order valence-electron chi connectivity index (χ2n) is 5.65. The first-order chi connectivity index (χ1) is 11.2. The summed E-state index contributed by atoms with van der Waals surface area (Å²) in [5, 5.41) is 2.88. The second kappa shape index (κ2) is 9.37. The summed E-state index contributed by atoms with van der Waals surface area (Å²) >= 11 is 0. The number of hydrogen-bond donors (Lipinski definition) is 2. The van der Waals surface area contributed by atoms with Gasteiger partial charge in [0, 0.05) is 25.8 Å². The van der Waals surface area contributed by atoms with E-state index in [1.165, 1.54) is 0 Å². The zero-order valence-corrected chi connectivity index (χ0v) is 13.6. The molecular formula is C17H26N2O4. The smallest absolute Gasteiger partial charge is 0.237 e. The fourth-order valence-electron chi connectivity index (χ4n) is 2.57. The number of nitrogens with one attached hydrogen (secondary N) is 1. The first-order valence-electron chi connectivity index (χ1n) is 8.08. The van der Waals surface area contributed by atoms with Crippen LogP contribution in [0.25, 0.3) is 0 Å². The summed E-state index contributed by atoms with van der Waals surface area (Å²) in [4.78, 5) is 12.0. The zero-order chi connectivity index (χ0) is 16.5. The van der Waals surface area contributed by atoms with Crippen LogP contribution in [0.5, 0.6) is 11.5 Å². The number of hydrogen-bond acceptors (Lipinski definition) is 5. The molecule has 6 nitrogen and oxygen atoms in total. The van der Waals surface area contributed by atoms with Crippen molar-refractivity contribution < 1.29 is 19.0 Å². The lowest BCUT2D eigenvalue weighted by molar-refractivity contribution is -0.124. The number of methoxy groups -OCH3 is 1. The van der Waals surface area contributed by atoms with E-state index in [0.717, 1.165) is 30.8 Å². The lowest BCUT2D eigenvalue weighted by atomic mass is 9.92. The van der Waals surface area contributed by atoms with E-state index in [4.69, 9.17) is 19.9 Å². The molecule has 1 atom stereocenters. The van der Waals surface area contributed by atoms with Gasteiger partial charge in [0.25, 0.3) is 0 Å². The minimum Gasteiger partial charge on any atom is -0.497 e. The highest BCUT2D eigenvalue weighted by atomic mass is 16.5. The predicted octanol–water partition coefficient (Wildman–Crippen LogP) is 1.33. The van der Waals surface area contributed by atoms with Gasteiger partial charge in [0.1, 0.15) is 11.5 Å². The molecule has 1 heterocycles. The van der Waals surface area contributed by atoms with Crippen molar-refractivity contribution in [3.63, 3.8) is 0 Å². The van der Waals surface area contributed by atoms with Gasteiger partial charge in [-0.2, -0.15) is 0 Å². The van der Waals surface area contributed by atoms with Crippen LogP contribution in [0, 0.1) is 5.92 Å². The molecular weight excluding hydrogens is 296 g/mol. The Balaban J connectivity index is 1.61. The molecule has 0 radical (unpaired) electrons. The standard InChI is InChI=1S/C17H26N2O4/c1-21-14-4-2-5-15(12-14)23-9-3-8-19-17(20)16(18)13-6-10-22-11-7-13/h2,4-5,12-13,16H,3,6-11,18H2,1H3,(H,19,20). The van der Waals surface area contributed by atoms with Crippen LogP contribution in [-0.2, 0) is 9.53 Å². The third-order valence-corrected chi connectivity index (χ3v) is 4.01. The number of ether oxygens (including phenoxy) is 3. The maximum absolute atomic E-state index is 12.0. The quantitative estimate of drug-likeness (QED) is 0.706. The van der Waals surface area contributed by atoms with Crippen molar-refractivity contribution >= 4 is 5.91 Å². The van der Waals surface area contributed by atoms with Crippen LogP contribution >= 0.6 is 0 Å². The summed E-state index contributed by atoms with van der Waals surface area (Å²) in [7, 11) is 1.62. The maximum Gasteiger partial charge on any atom is 0.237 e. The van der Waals surface area contributed by atoms with Crippen molar-refractivity contribution in [3.8, 4) is 11.5 Å². The summed E-state index contributed by atoms with van der Waals surface area (Å²) in [6, 6.07) is 7.01. The van der Waals surface area contributed by atoms with Crippen LogP contribution in [0.15, 0.2) is 24.3 Å². The maximum atomic E-state index is 12.0. The molecule has 6 heteroatoms. The first-order valence-corrected chi connectivity index (χ1v) is 8.08. The Labute approximate surface area is 137 Å². The highest BCUT2D eigenvalue weighted by Crippen LogP contribution is 2.19. The monoisotopic (exact) mass is 322 g/mol. The van der Waals surface area contributed by atoms with Gasteiger partial charge >= 0.3 is 0 Å². The van der Waals surface area contributed by atoms with E-state index >= 15 is 0 Å². The lowest BCUT2D eigenvalue weighted by Gasteiger charge is -2.26. The molecule has 1 saturated heterocycles. The van der Waals surface area contributed by atoms with Crippen LogP contribution in [0.4, 0.5) is 0 Å². The molecule has 1 unspecified atom stereocenters. The van der Waals surface area contributed by atoms with Gasteiger partial charge in [0.2, 0.25) is 5.91 Å². The Kier molecular flexibility index (Phi) is 7.16. The zero-order valence-electron chi connectivity index (χ0n) is 13.6. The Morgan fingerprint density at radius 1 is 1.39 bits per heavy atom. The van der Waals surface area contributed by atoms with Crippen molar-refractivity contribution in [1.82, 2.24) is 5.32 Å². The second-order valence-corrected chi connectivity index (χ2v) is 5.65. The third-order valence-electron chi connectivity index (χ3n) is 4.01. The molecule has 0 aromatic heterocycles. The van der Waals surface area contributed by atoms with Gasteiger partial charge in [-0.3, -0.25) is 4.79 Å². The van der Waals surface area contributed by atoms with Gasteiger partial charge in [0.05, 0.1) is 19.8 Å². The molecule has 1 aliphatic rings. The Morgan fingerprint density at radius 2 is 2.13 bits per heavy atom. The minimum absolute atomic E-state index is 0.0849. The van der Waals surface area contributed by atoms with E-state index in [2.05, 4.69) is 5.32 Å². The topological polar surface area (TPSA) is 82.8 Å². The molecule has 0 aliphatic carbocycles. The highest BCUT2D eigenvalue weighted by molar-refractivity contribution is 5.81. The van der Waals surface area contributed by atoms with Gasteiger partial charge in [-0.15, -0.1) is 0 Å². The van der Waals surface area contributed by atoms with Crippen molar-refractivity contribution in [2.24, 2.45) is 11.7 Å². The van der Waals surface area contributed by atoms with Crippen LogP contribution in [0.1, 0.15) is 19.3 Å². The molecule has 1 aromatic carbocycles. The largest absolute Gasteiger partial charge is 0.497 e. The number of amides is 1. The molecule has 0 spiro atoms. The van der Waals surface area contributed by atoms with Gasteiger partial charge in [0.15, 0.2) is 0 Å². The first kappa shape index (κ1) is 17.6. The molecule has 128 valence electrons. The number of nitrogens with two attached hydrogens (primary N) is 1. The predicted molar refractivity (Wildman–Crippen MR) is 87.6 cm³/mol. The molecule has 0 bridgehead atoms. The summed E-state index contributed by atoms with van der Waals surface area (Å²) in [6.07, 6.45) is 2.44. The molecule has 1 fully saturated rings. The van der Waals surface area contributed by atoms with Crippen LogP contribution in [0.3, 0.4) is 0 Å².